The fourth-order valence-electron chi connectivity index (χ4n) is 1.35. The molecule has 1 aromatic heterocycles. The number of carbonyl (C=O) groups is 1. The maximum atomic E-state index is 11.7. The summed E-state index contributed by atoms with van der Waals surface area (Å²) in [6.45, 7) is 3.80. The summed E-state index contributed by atoms with van der Waals surface area (Å²) in [6, 6.07) is 0. The van der Waals surface area contributed by atoms with Gasteiger partial charge in [-0.25, -0.2) is 4.98 Å². The van der Waals surface area contributed by atoms with Gasteiger partial charge in [0, 0.05) is 25.5 Å². The van der Waals surface area contributed by atoms with E-state index in [4.69, 9.17) is 10.5 Å². The van der Waals surface area contributed by atoms with Gasteiger partial charge in [0.15, 0.2) is 0 Å². The molecule has 0 aliphatic carbocycles. The summed E-state index contributed by atoms with van der Waals surface area (Å²) >= 11 is 1.47. The molecule has 1 unspecified atom stereocenters. The molecule has 0 fully saturated rings. The molecule has 0 saturated carbocycles. The van der Waals surface area contributed by atoms with E-state index in [1.54, 1.807) is 12.5 Å². The molecule has 0 radical (unpaired) electrons. The summed E-state index contributed by atoms with van der Waals surface area (Å²) in [6.07, 6.45) is 0.720. The number of nitrogens with two attached hydrogens (primary N) is 1. The van der Waals surface area contributed by atoms with Crippen molar-refractivity contribution in [1.29, 1.82) is 0 Å². The Labute approximate surface area is 105 Å². The van der Waals surface area contributed by atoms with E-state index in [0.29, 0.717) is 31.3 Å². The first-order chi connectivity index (χ1) is 8.17. The van der Waals surface area contributed by atoms with E-state index in [0.717, 1.165) is 11.4 Å². The summed E-state index contributed by atoms with van der Waals surface area (Å²) in [7, 11) is 1.65. The Morgan fingerprint density at radius 1 is 1.71 bits per heavy atom. The predicted octanol–water partition coefficient (Wildman–Crippen LogP) is 0.657. The van der Waals surface area contributed by atoms with Crippen molar-refractivity contribution in [3.05, 3.63) is 16.1 Å². The number of methoxy groups -OCH3 is 1. The number of hydrogen-bond donors (Lipinski definition) is 2. The minimum absolute atomic E-state index is 0.132. The molecule has 3 N–H and O–H groups in total. The van der Waals surface area contributed by atoms with Crippen molar-refractivity contribution in [2.45, 2.75) is 13.3 Å². The van der Waals surface area contributed by atoms with Crippen LogP contribution in [0.3, 0.4) is 0 Å². The van der Waals surface area contributed by atoms with Crippen LogP contribution in [0.1, 0.15) is 22.4 Å². The van der Waals surface area contributed by atoms with Crippen LogP contribution in [0, 0.1) is 5.92 Å². The van der Waals surface area contributed by atoms with Crippen molar-refractivity contribution in [2.75, 3.05) is 26.8 Å². The minimum Gasteiger partial charge on any atom is -0.384 e. The van der Waals surface area contributed by atoms with E-state index in [1.807, 2.05) is 6.92 Å². The van der Waals surface area contributed by atoms with E-state index in [1.165, 1.54) is 11.3 Å². The van der Waals surface area contributed by atoms with Gasteiger partial charge in [0.1, 0.15) is 5.69 Å². The second kappa shape index (κ2) is 7.37. The van der Waals surface area contributed by atoms with Gasteiger partial charge in [-0.3, -0.25) is 4.79 Å². The third-order valence-electron chi connectivity index (χ3n) is 2.20. The molecule has 17 heavy (non-hydrogen) atoms. The molecule has 6 heteroatoms. The molecule has 1 aromatic rings. The molecule has 1 rings (SSSR count). The molecule has 1 amide bonds. The monoisotopic (exact) mass is 257 g/mol. The van der Waals surface area contributed by atoms with E-state index >= 15 is 0 Å². The first kappa shape index (κ1) is 14.1. The molecular weight excluding hydrogens is 238 g/mol. The van der Waals surface area contributed by atoms with E-state index in [-0.39, 0.29) is 5.91 Å². The van der Waals surface area contributed by atoms with Gasteiger partial charge in [-0.15, -0.1) is 11.3 Å². The summed E-state index contributed by atoms with van der Waals surface area (Å²) < 4.78 is 5.00. The first-order valence-electron chi connectivity index (χ1n) is 5.59. The van der Waals surface area contributed by atoms with Crippen molar-refractivity contribution in [3.8, 4) is 0 Å². The van der Waals surface area contributed by atoms with Crippen LogP contribution in [-0.2, 0) is 11.2 Å². The van der Waals surface area contributed by atoms with E-state index in [9.17, 15) is 4.79 Å². The zero-order valence-corrected chi connectivity index (χ0v) is 11.0. The van der Waals surface area contributed by atoms with Crippen LogP contribution in [0.5, 0.6) is 0 Å². The number of rotatable bonds is 7. The number of carbonyl (C=O) groups excluding carboxylic acids is 1. The lowest BCUT2D eigenvalue weighted by molar-refractivity contribution is 0.0929. The molecular formula is C11H19N3O2S. The van der Waals surface area contributed by atoms with Gasteiger partial charge in [-0.1, -0.05) is 6.92 Å². The highest BCUT2D eigenvalue weighted by molar-refractivity contribution is 7.09. The Morgan fingerprint density at radius 2 is 2.47 bits per heavy atom. The second-order valence-corrected chi connectivity index (χ2v) is 4.88. The molecule has 0 saturated heterocycles. The zero-order valence-electron chi connectivity index (χ0n) is 10.2. The lowest BCUT2D eigenvalue weighted by Gasteiger charge is -2.10. The normalized spacial score (nSPS) is 12.4. The highest BCUT2D eigenvalue weighted by Gasteiger charge is 2.11. The van der Waals surface area contributed by atoms with Crippen LogP contribution in [0.2, 0.25) is 0 Å². The van der Waals surface area contributed by atoms with E-state index < -0.39 is 0 Å². The molecule has 0 aliphatic rings. The molecule has 0 bridgehead atoms. The zero-order chi connectivity index (χ0) is 12.7. The smallest absolute Gasteiger partial charge is 0.270 e. The van der Waals surface area contributed by atoms with Gasteiger partial charge in [0.05, 0.1) is 11.6 Å². The Morgan fingerprint density at radius 3 is 3.12 bits per heavy atom. The van der Waals surface area contributed by atoms with Gasteiger partial charge in [0.25, 0.3) is 5.91 Å². The summed E-state index contributed by atoms with van der Waals surface area (Å²) in [5.74, 6) is 0.165. The molecule has 96 valence electrons. The topological polar surface area (TPSA) is 77.2 Å². The first-order valence-corrected chi connectivity index (χ1v) is 6.47. The molecule has 1 atom stereocenters. The Balaban J connectivity index is 2.40. The maximum absolute atomic E-state index is 11.7. The third-order valence-corrected chi connectivity index (χ3v) is 3.11. The number of nitrogens with zero attached hydrogens (tertiary/aromatic N) is 1. The van der Waals surface area contributed by atoms with Crippen LogP contribution in [0.15, 0.2) is 5.38 Å². The summed E-state index contributed by atoms with van der Waals surface area (Å²) in [4.78, 5) is 16.0. The van der Waals surface area contributed by atoms with Crippen LogP contribution in [0.25, 0.3) is 0 Å². The fourth-order valence-corrected chi connectivity index (χ4v) is 2.15. The molecule has 0 aliphatic heterocycles. The average Bonchev–Trinajstić information content (AvgIpc) is 2.75. The van der Waals surface area contributed by atoms with Crippen LogP contribution in [-0.4, -0.2) is 37.7 Å². The van der Waals surface area contributed by atoms with Gasteiger partial charge >= 0.3 is 0 Å². The Hall–Kier alpha value is -0.980. The number of hydrogen-bond acceptors (Lipinski definition) is 5. The minimum atomic E-state index is -0.132. The number of amides is 1. The molecule has 0 spiro atoms. The van der Waals surface area contributed by atoms with Gasteiger partial charge < -0.3 is 15.8 Å². The van der Waals surface area contributed by atoms with Gasteiger partial charge in [0.2, 0.25) is 0 Å². The SMILES string of the molecule is COCC(C)CNC(=O)c1csc(CCN)n1. The molecule has 5 nitrogen and oxygen atoms in total. The molecule has 0 aromatic carbocycles. The predicted molar refractivity (Wildman–Crippen MR) is 68.2 cm³/mol. The fraction of sp³-hybridized carbons (Fsp3) is 0.636. The summed E-state index contributed by atoms with van der Waals surface area (Å²) in [5, 5.41) is 5.50. The molecule has 1 heterocycles. The van der Waals surface area contributed by atoms with Crippen molar-refractivity contribution < 1.29 is 9.53 Å². The van der Waals surface area contributed by atoms with Gasteiger partial charge in [-0.05, 0) is 12.5 Å². The Kier molecular flexibility index (Phi) is 6.10. The third kappa shape index (κ3) is 4.80. The number of ether oxygens (including phenoxy) is 1. The summed E-state index contributed by atoms with van der Waals surface area (Å²) in [5.41, 5.74) is 5.90. The number of aromatic nitrogens is 1. The quantitative estimate of drug-likeness (QED) is 0.752. The second-order valence-electron chi connectivity index (χ2n) is 3.94. The Bertz CT molecular complexity index is 354. The van der Waals surface area contributed by atoms with E-state index in [2.05, 4.69) is 10.3 Å². The number of thiazole rings is 1. The van der Waals surface area contributed by atoms with Crippen LogP contribution in [0.4, 0.5) is 0 Å². The van der Waals surface area contributed by atoms with Crippen molar-refractivity contribution in [1.82, 2.24) is 10.3 Å². The standard InChI is InChI=1S/C11H19N3O2S/c1-8(6-16-2)5-13-11(15)9-7-17-10(14-9)3-4-12/h7-8H,3-6,12H2,1-2H3,(H,13,15). The van der Waals surface area contributed by atoms with Crippen molar-refractivity contribution in [3.63, 3.8) is 0 Å². The lowest BCUT2D eigenvalue weighted by Crippen LogP contribution is -2.30. The lowest BCUT2D eigenvalue weighted by atomic mass is 10.2. The maximum Gasteiger partial charge on any atom is 0.270 e. The average molecular weight is 257 g/mol. The number of nitrogens with one attached hydrogen (secondary N) is 1. The largest absolute Gasteiger partial charge is 0.384 e. The highest BCUT2D eigenvalue weighted by Crippen LogP contribution is 2.09. The van der Waals surface area contributed by atoms with Crippen molar-refractivity contribution in [2.24, 2.45) is 11.7 Å². The van der Waals surface area contributed by atoms with Gasteiger partial charge in [-0.2, -0.15) is 0 Å². The van der Waals surface area contributed by atoms with Crippen molar-refractivity contribution >= 4 is 17.2 Å². The highest BCUT2D eigenvalue weighted by atomic mass is 32.1. The van der Waals surface area contributed by atoms with Crippen LogP contribution >= 0.6 is 11.3 Å². The van der Waals surface area contributed by atoms with Crippen LogP contribution < -0.4 is 11.1 Å².